The summed E-state index contributed by atoms with van der Waals surface area (Å²) in [6, 6.07) is 25.3. The van der Waals surface area contributed by atoms with E-state index in [1.807, 2.05) is 32.0 Å². The lowest BCUT2D eigenvalue weighted by atomic mass is 10.2. The predicted molar refractivity (Wildman–Crippen MR) is 216 cm³/mol. The molecule has 13 nitrogen and oxygen atoms in total. The molecule has 2 aliphatic heterocycles. The molecule has 0 radical (unpaired) electrons. The van der Waals surface area contributed by atoms with E-state index >= 15 is 0 Å². The van der Waals surface area contributed by atoms with Gasteiger partial charge in [0.2, 0.25) is 20.0 Å². The van der Waals surface area contributed by atoms with Crippen molar-refractivity contribution in [3.63, 3.8) is 0 Å². The second kappa shape index (κ2) is 19.3. The van der Waals surface area contributed by atoms with Crippen molar-refractivity contribution in [1.82, 2.24) is 23.1 Å². The van der Waals surface area contributed by atoms with Crippen molar-refractivity contribution in [2.75, 3.05) is 57.4 Å². The van der Waals surface area contributed by atoms with Crippen LogP contribution in [0.1, 0.15) is 35.8 Å². The van der Waals surface area contributed by atoms with Crippen molar-refractivity contribution in [2.45, 2.75) is 54.7 Å². The molecule has 1 aromatic heterocycles. The fourth-order valence-corrected chi connectivity index (χ4v) is 10.1. The van der Waals surface area contributed by atoms with Crippen LogP contribution in [-0.2, 0) is 31.3 Å². The number of aliphatic hydroxyl groups excluding tert-OH is 1. The summed E-state index contributed by atoms with van der Waals surface area (Å²) in [5.74, 6) is 0.817. The largest absolute Gasteiger partial charge is 0.393 e. The number of sulfonamides is 2. The summed E-state index contributed by atoms with van der Waals surface area (Å²) in [6.07, 6.45) is 2.48. The van der Waals surface area contributed by atoms with E-state index in [9.17, 15) is 21.6 Å². The molecule has 3 N–H and O–H groups in total. The van der Waals surface area contributed by atoms with Crippen LogP contribution in [0.15, 0.2) is 118 Å². The average Bonchev–Trinajstić information content (AvgIpc) is 3.63. The van der Waals surface area contributed by atoms with Crippen molar-refractivity contribution >= 4 is 37.6 Å². The standard InChI is InChI=1S/C31H39N3O4S2.C8H11N3O3S/c1-26-11-15-30(16-12-26)39(35,36)33-21-7-19-32(25-29-9-5-4-6-10-29)20-8-22-34(24-28(3)23-33)40(37,38)31-17-13-27(2)14-18-31;9-5-1-2-11(8(13)10-5)6-4-15-7(3-12)14-6/h4-6,9-18H,3,7-8,19-25H2,1-2H3;1-2,6-7,12H,3-4H2,(H2,9,10,13)/t;6-,7+/m.0/s1. The third-order valence-electron chi connectivity index (χ3n) is 9.17. The second-order valence-corrected chi connectivity index (χ2v) is 18.7. The third kappa shape index (κ3) is 11.6. The average molecular weight is 811 g/mol. The Morgan fingerprint density at radius 2 is 1.35 bits per heavy atom. The molecule has 0 unspecified atom stereocenters. The molecule has 296 valence electrons. The van der Waals surface area contributed by atoms with E-state index in [0.29, 0.717) is 56.9 Å². The molecule has 6 rings (SSSR count). The lowest BCUT2D eigenvalue weighted by Crippen LogP contribution is -2.41. The van der Waals surface area contributed by atoms with E-state index in [2.05, 4.69) is 28.6 Å². The molecule has 0 bridgehead atoms. The highest BCUT2D eigenvalue weighted by Gasteiger charge is 2.30. The molecule has 3 heterocycles. The number of aromatic nitrogens is 2. The fraction of sp³-hybridized carbons (Fsp3) is 0.385. The van der Waals surface area contributed by atoms with Gasteiger partial charge < -0.3 is 15.6 Å². The van der Waals surface area contributed by atoms with Crippen LogP contribution < -0.4 is 11.4 Å². The molecule has 55 heavy (non-hydrogen) atoms. The van der Waals surface area contributed by atoms with Gasteiger partial charge in [-0.15, -0.1) is 11.8 Å². The first kappa shape index (κ1) is 42.3. The minimum absolute atomic E-state index is 0.0504. The van der Waals surface area contributed by atoms with Crippen LogP contribution in [0.3, 0.4) is 0 Å². The number of thioether (sulfide) groups is 1. The molecule has 2 saturated heterocycles. The molecule has 0 spiro atoms. The summed E-state index contributed by atoms with van der Waals surface area (Å²) >= 11 is 1.47. The maximum Gasteiger partial charge on any atom is 0.351 e. The smallest absolute Gasteiger partial charge is 0.351 e. The maximum absolute atomic E-state index is 13.7. The van der Waals surface area contributed by atoms with E-state index in [1.165, 1.54) is 24.9 Å². The Morgan fingerprint density at radius 1 is 0.818 bits per heavy atom. The number of aryl methyl sites for hydroxylation is 2. The maximum atomic E-state index is 13.7. The van der Waals surface area contributed by atoms with Gasteiger partial charge in [0.25, 0.3) is 0 Å². The molecule has 0 amide bonds. The van der Waals surface area contributed by atoms with Gasteiger partial charge in [-0.2, -0.15) is 13.6 Å². The Balaban J connectivity index is 0.000000321. The van der Waals surface area contributed by atoms with Crippen molar-refractivity contribution < 1.29 is 26.7 Å². The van der Waals surface area contributed by atoms with Gasteiger partial charge in [0, 0.05) is 44.7 Å². The van der Waals surface area contributed by atoms with Crippen molar-refractivity contribution in [1.29, 1.82) is 0 Å². The molecule has 3 aromatic carbocycles. The van der Waals surface area contributed by atoms with E-state index in [0.717, 1.165) is 16.7 Å². The predicted octanol–water partition coefficient (Wildman–Crippen LogP) is 4.24. The van der Waals surface area contributed by atoms with Crippen LogP contribution in [0.2, 0.25) is 0 Å². The van der Waals surface area contributed by atoms with Crippen LogP contribution in [0.4, 0.5) is 5.82 Å². The van der Waals surface area contributed by atoms with Gasteiger partial charge in [-0.05, 0) is 81.2 Å². The SMILES string of the molecule is C=C1CN(S(=O)(=O)c2ccc(C)cc2)CCCN(Cc2ccccc2)CCCN(S(=O)(=O)c2ccc(C)cc2)C1.Nc1ccn([C@@H]2CS[C@H](CO)O2)c(=O)n1. The topological polar surface area (TPSA) is 168 Å². The Bertz CT molecular complexity index is 2060. The minimum Gasteiger partial charge on any atom is -0.393 e. The number of hydrogen-bond donors (Lipinski definition) is 2. The Kier molecular flexibility index (Phi) is 14.9. The van der Waals surface area contributed by atoms with Crippen molar-refractivity contribution in [2.24, 2.45) is 0 Å². The highest BCUT2D eigenvalue weighted by Crippen LogP contribution is 2.30. The highest BCUT2D eigenvalue weighted by molar-refractivity contribution is 8.00. The van der Waals surface area contributed by atoms with Crippen LogP contribution >= 0.6 is 11.8 Å². The first-order chi connectivity index (χ1) is 26.3. The fourth-order valence-electron chi connectivity index (χ4n) is 6.22. The number of nitrogen functional groups attached to an aromatic ring is 1. The molecular formula is C39H50N6O7S3. The van der Waals surface area contributed by atoms with Gasteiger partial charge in [0.05, 0.1) is 16.4 Å². The quantitative estimate of drug-likeness (QED) is 0.244. The molecule has 16 heteroatoms. The Labute approximate surface area is 328 Å². The monoisotopic (exact) mass is 810 g/mol. The van der Waals surface area contributed by atoms with E-state index in [1.54, 1.807) is 60.8 Å². The van der Waals surface area contributed by atoms with Gasteiger partial charge >= 0.3 is 5.69 Å². The number of hydrogen-bond acceptors (Lipinski definition) is 11. The number of rotatable bonds is 8. The lowest BCUT2D eigenvalue weighted by Gasteiger charge is -2.30. The molecule has 4 aromatic rings. The van der Waals surface area contributed by atoms with Crippen LogP contribution in [-0.4, -0.2) is 102 Å². The Morgan fingerprint density at radius 3 is 1.82 bits per heavy atom. The summed E-state index contributed by atoms with van der Waals surface area (Å²) < 4.78 is 64.5. The molecule has 2 aliphatic rings. The first-order valence-corrected chi connectivity index (χ1v) is 22.0. The minimum atomic E-state index is -3.80. The van der Waals surface area contributed by atoms with Gasteiger partial charge in [-0.3, -0.25) is 9.47 Å². The molecule has 2 atom stereocenters. The van der Waals surface area contributed by atoms with Gasteiger partial charge in [0.1, 0.15) is 17.5 Å². The van der Waals surface area contributed by atoms with Crippen LogP contribution in [0, 0.1) is 13.8 Å². The number of aliphatic hydroxyl groups is 1. The summed E-state index contributed by atoms with van der Waals surface area (Å²) in [5, 5.41) is 8.88. The summed E-state index contributed by atoms with van der Waals surface area (Å²) in [4.78, 5) is 17.8. The molecule has 2 fully saturated rings. The number of nitrogens with two attached hydrogens (primary N) is 1. The molecule has 0 saturated carbocycles. The normalized spacial score (nSPS) is 19.9. The van der Waals surface area contributed by atoms with Crippen LogP contribution in [0.5, 0.6) is 0 Å². The van der Waals surface area contributed by atoms with E-state index in [-0.39, 0.29) is 47.0 Å². The summed E-state index contributed by atoms with van der Waals surface area (Å²) in [7, 11) is -7.60. The van der Waals surface area contributed by atoms with Gasteiger partial charge in [-0.25, -0.2) is 21.6 Å². The van der Waals surface area contributed by atoms with Crippen molar-refractivity contribution in [3.8, 4) is 0 Å². The zero-order valence-corrected chi connectivity index (χ0v) is 33.7. The van der Waals surface area contributed by atoms with Crippen molar-refractivity contribution in [3.05, 3.63) is 130 Å². The number of benzene rings is 3. The summed E-state index contributed by atoms with van der Waals surface area (Å²) in [5.41, 5.74) is 8.33. The number of ether oxygens (including phenoxy) is 1. The molecular weight excluding hydrogens is 761 g/mol. The second-order valence-electron chi connectivity index (χ2n) is 13.6. The van der Waals surface area contributed by atoms with E-state index in [4.69, 9.17) is 15.6 Å². The zero-order chi connectivity index (χ0) is 39.6. The van der Waals surface area contributed by atoms with Gasteiger partial charge in [0.15, 0.2) is 0 Å². The first-order valence-electron chi connectivity index (χ1n) is 18.1. The lowest BCUT2D eigenvalue weighted by molar-refractivity contribution is -0.00629. The highest BCUT2D eigenvalue weighted by atomic mass is 32.2. The summed E-state index contributed by atoms with van der Waals surface area (Å²) in [6.45, 7) is 10.7. The third-order valence-corrected chi connectivity index (χ3v) is 14.0. The van der Waals surface area contributed by atoms with Crippen LogP contribution in [0.25, 0.3) is 0 Å². The molecule has 0 aliphatic carbocycles. The Hall–Kier alpha value is -3.87. The number of anilines is 1. The van der Waals surface area contributed by atoms with Gasteiger partial charge in [-0.1, -0.05) is 72.3 Å². The zero-order valence-electron chi connectivity index (χ0n) is 31.2. The van der Waals surface area contributed by atoms with E-state index < -0.39 is 25.7 Å². The number of nitrogens with zero attached hydrogens (tertiary/aromatic N) is 5.